The maximum Gasteiger partial charge on any atom is 0.185 e. The van der Waals surface area contributed by atoms with Gasteiger partial charge in [-0.25, -0.2) is 4.98 Å². The Balaban J connectivity index is 2.33. The summed E-state index contributed by atoms with van der Waals surface area (Å²) in [6, 6.07) is 0. The largest absolute Gasteiger partial charge is 0.383 e. The molecule has 0 aliphatic rings. The number of aromatic nitrogens is 1. The Bertz CT molecular complexity index is 277. The molecule has 5 heteroatoms. The smallest absolute Gasteiger partial charge is 0.185 e. The second-order valence-corrected chi connectivity index (χ2v) is 4.14. The van der Waals surface area contributed by atoms with Gasteiger partial charge in [-0.2, -0.15) is 0 Å². The molecule has 0 bridgehead atoms. The molecule has 0 radical (unpaired) electrons. The molecule has 1 aromatic rings. The van der Waals surface area contributed by atoms with E-state index in [1.165, 1.54) is 0 Å². The van der Waals surface area contributed by atoms with E-state index in [0.717, 1.165) is 37.1 Å². The van der Waals surface area contributed by atoms with Crippen molar-refractivity contribution in [2.24, 2.45) is 0 Å². The monoisotopic (exact) mass is 229 g/mol. The van der Waals surface area contributed by atoms with Crippen molar-refractivity contribution in [3.8, 4) is 0 Å². The van der Waals surface area contributed by atoms with E-state index in [9.17, 15) is 0 Å². The van der Waals surface area contributed by atoms with Gasteiger partial charge in [-0.3, -0.25) is 0 Å². The molecule has 0 saturated carbocycles. The van der Waals surface area contributed by atoms with Crippen LogP contribution in [0.5, 0.6) is 0 Å². The molecular formula is C10H19N3OS. The highest BCUT2D eigenvalue weighted by atomic mass is 32.1. The fourth-order valence-electron chi connectivity index (χ4n) is 1.08. The summed E-state index contributed by atoms with van der Waals surface area (Å²) in [4.78, 5) is 6.66. The Morgan fingerprint density at radius 2 is 2.40 bits per heavy atom. The van der Waals surface area contributed by atoms with Crippen LogP contribution in [0.15, 0.2) is 5.38 Å². The normalized spacial score (nSPS) is 10.6. The lowest BCUT2D eigenvalue weighted by Gasteiger charge is -2.11. The zero-order valence-corrected chi connectivity index (χ0v) is 10.4. The maximum atomic E-state index is 4.95. The molecule has 0 amide bonds. The van der Waals surface area contributed by atoms with E-state index in [4.69, 9.17) is 4.74 Å². The number of thiazole rings is 1. The van der Waals surface area contributed by atoms with Crippen LogP contribution in [0.3, 0.4) is 0 Å². The molecule has 0 aromatic carbocycles. The highest BCUT2D eigenvalue weighted by molar-refractivity contribution is 7.13. The zero-order chi connectivity index (χ0) is 11.1. The number of hydrogen-bond acceptors (Lipinski definition) is 5. The Morgan fingerprint density at radius 1 is 1.60 bits per heavy atom. The summed E-state index contributed by atoms with van der Waals surface area (Å²) in [7, 11) is 3.76. The van der Waals surface area contributed by atoms with Crippen LogP contribution in [0, 0.1) is 0 Å². The molecule has 1 aromatic heterocycles. The van der Waals surface area contributed by atoms with E-state index in [0.29, 0.717) is 0 Å². The first-order valence-corrected chi connectivity index (χ1v) is 6.01. The Labute approximate surface area is 95.3 Å². The van der Waals surface area contributed by atoms with Gasteiger partial charge in [-0.15, -0.1) is 11.3 Å². The minimum Gasteiger partial charge on any atom is -0.383 e. The summed E-state index contributed by atoms with van der Waals surface area (Å²) < 4.78 is 4.95. The molecule has 0 atom stereocenters. The Morgan fingerprint density at radius 3 is 3.07 bits per heavy atom. The molecule has 0 spiro atoms. The summed E-state index contributed by atoms with van der Waals surface area (Å²) in [6.45, 7) is 5.54. The molecule has 0 saturated heterocycles. The third-order valence-electron chi connectivity index (χ3n) is 2.13. The minimum atomic E-state index is 0.742. The Hall–Kier alpha value is -0.650. The van der Waals surface area contributed by atoms with E-state index in [1.807, 2.05) is 0 Å². The van der Waals surface area contributed by atoms with Crippen LogP contribution in [-0.4, -0.2) is 38.8 Å². The van der Waals surface area contributed by atoms with Gasteiger partial charge in [0.25, 0.3) is 0 Å². The van der Waals surface area contributed by atoms with Crippen LogP contribution >= 0.6 is 11.3 Å². The Kier molecular flexibility index (Phi) is 5.60. The van der Waals surface area contributed by atoms with Crippen LogP contribution in [0.25, 0.3) is 0 Å². The van der Waals surface area contributed by atoms with Crippen molar-refractivity contribution < 1.29 is 4.74 Å². The number of ether oxygens (including phenoxy) is 1. The van der Waals surface area contributed by atoms with Gasteiger partial charge in [0, 0.05) is 39.2 Å². The first-order valence-electron chi connectivity index (χ1n) is 5.13. The molecule has 1 N–H and O–H groups in total. The van der Waals surface area contributed by atoms with Crippen LogP contribution < -0.4 is 10.2 Å². The van der Waals surface area contributed by atoms with E-state index in [2.05, 4.69) is 34.6 Å². The second-order valence-electron chi connectivity index (χ2n) is 3.31. The third-order valence-corrected chi connectivity index (χ3v) is 3.13. The fraction of sp³-hybridized carbons (Fsp3) is 0.700. The van der Waals surface area contributed by atoms with Crippen molar-refractivity contribution in [1.82, 2.24) is 10.3 Å². The summed E-state index contributed by atoms with van der Waals surface area (Å²) >= 11 is 1.69. The van der Waals surface area contributed by atoms with Gasteiger partial charge in [-0.05, 0) is 6.92 Å². The number of rotatable bonds is 7. The van der Waals surface area contributed by atoms with Gasteiger partial charge < -0.3 is 15.0 Å². The van der Waals surface area contributed by atoms with Gasteiger partial charge in [0.1, 0.15) is 0 Å². The highest BCUT2D eigenvalue weighted by Gasteiger charge is 2.04. The van der Waals surface area contributed by atoms with E-state index < -0.39 is 0 Å². The predicted molar refractivity (Wildman–Crippen MR) is 64.6 cm³/mol. The van der Waals surface area contributed by atoms with Crippen molar-refractivity contribution in [2.45, 2.75) is 13.5 Å². The first kappa shape index (κ1) is 12.4. The van der Waals surface area contributed by atoms with Gasteiger partial charge in [0.2, 0.25) is 0 Å². The molecule has 4 nitrogen and oxygen atoms in total. The number of anilines is 1. The lowest BCUT2D eigenvalue weighted by atomic mass is 10.5. The van der Waals surface area contributed by atoms with Gasteiger partial charge >= 0.3 is 0 Å². The molecular weight excluding hydrogens is 210 g/mol. The molecule has 1 rings (SSSR count). The van der Waals surface area contributed by atoms with E-state index in [-0.39, 0.29) is 0 Å². The minimum absolute atomic E-state index is 0.742. The number of nitrogens with zero attached hydrogens (tertiary/aromatic N) is 2. The van der Waals surface area contributed by atoms with Crippen LogP contribution in [0.1, 0.15) is 12.6 Å². The summed E-state index contributed by atoms with van der Waals surface area (Å²) in [6.07, 6.45) is 0. The van der Waals surface area contributed by atoms with Crippen molar-refractivity contribution in [2.75, 3.05) is 38.8 Å². The molecule has 15 heavy (non-hydrogen) atoms. The average molecular weight is 229 g/mol. The lowest BCUT2D eigenvalue weighted by molar-refractivity contribution is 0.199. The van der Waals surface area contributed by atoms with Gasteiger partial charge in [0.05, 0.1) is 12.3 Å². The molecule has 0 aliphatic heterocycles. The fourth-order valence-corrected chi connectivity index (χ4v) is 1.94. The maximum absolute atomic E-state index is 4.95. The third kappa shape index (κ3) is 4.15. The molecule has 0 aliphatic carbocycles. The average Bonchev–Trinajstić information content (AvgIpc) is 2.72. The van der Waals surface area contributed by atoms with Crippen molar-refractivity contribution in [1.29, 1.82) is 0 Å². The van der Waals surface area contributed by atoms with Crippen molar-refractivity contribution >= 4 is 16.5 Å². The number of nitrogens with one attached hydrogen (secondary N) is 1. The zero-order valence-electron chi connectivity index (χ0n) is 9.62. The molecule has 0 unspecified atom stereocenters. The van der Waals surface area contributed by atoms with Gasteiger partial charge in [0.15, 0.2) is 5.13 Å². The summed E-state index contributed by atoms with van der Waals surface area (Å²) in [5.74, 6) is 0. The molecule has 0 fully saturated rings. The molecule has 1 heterocycles. The van der Waals surface area contributed by atoms with Crippen LogP contribution in [0.2, 0.25) is 0 Å². The SMILES string of the molecule is CCN(C)c1nc(CNCCOC)cs1. The van der Waals surface area contributed by atoms with E-state index >= 15 is 0 Å². The lowest BCUT2D eigenvalue weighted by Crippen LogP contribution is -2.19. The topological polar surface area (TPSA) is 37.4 Å². The van der Waals surface area contributed by atoms with Crippen LogP contribution in [0.4, 0.5) is 5.13 Å². The summed E-state index contributed by atoms with van der Waals surface area (Å²) in [5, 5.41) is 6.46. The second kappa shape index (κ2) is 6.76. The van der Waals surface area contributed by atoms with E-state index in [1.54, 1.807) is 18.4 Å². The van der Waals surface area contributed by atoms with Gasteiger partial charge in [-0.1, -0.05) is 0 Å². The van der Waals surface area contributed by atoms with Crippen molar-refractivity contribution in [3.05, 3.63) is 11.1 Å². The number of methoxy groups -OCH3 is 1. The quantitative estimate of drug-likeness (QED) is 0.716. The predicted octanol–water partition coefficient (Wildman–Crippen LogP) is 1.34. The standard InChI is InChI=1S/C10H19N3OS/c1-4-13(2)10-12-9(8-15-10)7-11-5-6-14-3/h8,11H,4-7H2,1-3H3. The summed E-state index contributed by atoms with van der Waals surface area (Å²) in [5.41, 5.74) is 1.10. The van der Waals surface area contributed by atoms with Crippen molar-refractivity contribution in [3.63, 3.8) is 0 Å². The molecule has 86 valence electrons. The first-order chi connectivity index (χ1) is 7.27. The highest BCUT2D eigenvalue weighted by Crippen LogP contribution is 2.18. The van der Waals surface area contributed by atoms with Crippen LogP contribution in [-0.2, 0) is 11.3 Å². The number of hydrogen-bond donors (Lipinski definition) is 1.